The van der Waals surface area contributed by atoms with Crippen molar-refractivity contribution < 1.29 is 28.3 Å². The number of fused-ring (bicyclic) bond motifs is 1. The predicted molar refractivity (Wildman–Crippen MR) is 101 cm³/mol. The van der Waals surface area contributed by atoms with Gasteiger partial charge in [0.15, 0.2) is 6.61 Å². The van der Waals surface area contributed by atoms with Crippen molar-refractivity contribution in [1.82, 2.24) is 10.6 Å². The summed E-state index contributed by atoms with van der Waals surface area (Å²) in [5.74, 6) is -0.810. The van der Waals surface area contributed by atoms with Gasteiger partial charge in [0.05, 0.1) is 7.11 Å². The zero-order valence-corrected chi connectivity index (χ0v) is 16.0. The number of hydrogen-bond donors (Lipinski definition) is 2. The minimum atomic E-state index is -0.768. The first-order valence-corrected chi connectivity index (χ1v) is 9.32. The Bertz CT molecular complexity index is 882. The maximum Gasteiger partial charge on any atom is 0.375 e. The molecule has 1 aromatic heterocycles. The standard InChI is InChI=1S/C20H24N2O6/c1-12-15-10-14(26-2)8-9-16(15)28-18(12)19(24)27-11-17(23)22-20(25)21-13-6-4-3-5-7-13/h8-10,13H,3-7,11H2,1-2H3,(H2,21,22,23,25). The topological polar surface area (TPSA) is 107 Å². The molecule has 28 heavy (non-hydrogen) atoms. The van der Waals surface area contributed by atoms with Crippen LogP contribution in [0.15, 0.2) is 22.6 Å². The van der Waals surface area contributed by atoms with E-state index in [1.165, 1.54) is 6.42 Å². The maximum atomic E-state index is 12.3. The lowest BCUT2D eigenvalue weighted by Crippen LogP contribution is -2.46. The van der Waals surface area contributed by atoms with Gasteiger partial charge in [0, 0.05) is 17.0 Å². The summed E-state index contributed by atoms with van der Waals surface area (Å²) in [6, 6.07) is 4.69. The molecule has 0 aliphatic heterocycles. The summed E-state index contributed by atoms with van der Waals surface area (Å²) in [6.45, 7) is 1.15. The highest BCUT2D eigenvalue weighted by molar-refractivity contribution is 5.99. The van der Waals surface area contributed by atoms with Gasteiger partial charge in [-0.1, -0.05) is 19.3 Å². The summed E-state index contributed by atoms with van der Waals surface area (Å²) in [7, 11) is 1.55. The van der Waals surface area contributed by atoms with Gasteiger partial charge >= 0.3 is 12.0 Å². The van der Waals surface area contributed by atoms with Crippen molar-refractivity contribution in [3.63, 3.8) is 0 Å². The van der Waals surface area contributed by atoms with Gasteiger partial charge in [0.25, 0.3) is 5.91 Å². The van der Waals surface area contributed by atoms with Crippen molar-refractivity contribution in [2.45, 2.75) is 45.1 Å². The fourth-order valence-corrected chi connectivity index (χ4v) is 3.35. The number of rotatable bonds is 5. The second-order valence-electron chi connectivity index (χ2n) is 6.85. The highest BCUT2D eigenvalue weighted by Crippen LogP contribution is 2.29. The molecule has 2 aromatic rings. The molecule has 1 fully saturated rings. The lowest BCUT2D eigenvalue weighted by molar-refractivity contribution is -0.123. The van der Waals surface area contributed by atoms with E-state index in [4.69, 9.17) is 13.9 Å². The fourth-order valence-electron chi connectivity index (χ4n) is 3.35. The monoisotopic (exact) mass is 388 g/mol. The highest BCUT2D eigenvalue weighted by Gasteiger charge is 2.21. The van der Waals surface area contributed by atoms with Crippen LogP contribution in [0, 0.1) is 6.92 Å². The Morgan fingerprint density at radius 3 is 2.64 bits per heavy atom. The van der Waals surface area contributed by atoms with E-state index in [9.17, 15) is 14.4 Å². The lowest BCUT2D eigenvalue weighted by Gasteiger charge is -2.22. The van der Waals surface area contributed by atoms with Crippen LogP contribution >= 0.6 is 0 Å². The molecule has 0 bridgehead atoms. The van der Waals surface area contributed by atoms with E-state index in [1.807, 2.05) is 0 Å². The zero-order chi connectivity index (χ0) is 20.1. The van der Waals surface area contributed by atoms with Crippen LogP contribution < -0.4 is 15.4 Å². The van der Waals surface area contributed by atoms with Crippen molar-refractivity contribution in [1.29, 1.82) is 0 Å². The molecule has 3 amide bonds. The summed E-state index contributed by atoms with van der Waals surface area (Å²) in [4.78, 5) is 36.0. The number of amides is 3. The van der Waals surface area contributed by atoms with Gasteiger partial charge < -0.3 is 19.2 Å². The average molecular weight is 388 g/mol. The van der Waals surface area contributed by atoms with Gasteiger partial charge in [-0.15, -0.1) is 0 Å². The smallest absolute Gasteiger partial charge is 0.375 e. The third kappa shape index (κ3) is 4.62. The number of methoxy groups -OCH3 is 1. The van der Waals surface area contributed by atoms with Crippen LogP contribution in [-0.2, 0) is 9.53 Å². The second-order valence-corrected chi connectivity index (χ2v) is 6.85. The molecule has 1 aliphatic rings. The second kappa shape index (κ2) is 8.77. The largest absolute Gasteiger partial charge is 0.497 e. The molecule has 0 spiro atoms. The number of aryl methyl sites for hydroxylation is 1. The van der Waals surface area contributed by atoms with Crippen LogP contribution in [0.25, 0.3) is 11.0 Å². The van der Waals surface area contributed by atoms with Crippen molar-refractivity contribution >= 4 is 28.9 Å². The molecule has 0 radical (unpaired) electrons. The van der Waals surface area contributed by atoms with Gasteiger partial charge in [0.1, 0.15) is 11.3 Å². The number of carbonyl (C=O) groups is 3. The van der Waals surface area contributed by atoms with Crippen LogP contribution in [0.4, 0.5) is 4.79 Å². The lowest BCUT2D eigenvalue weighted by atomic mass is 9.96. The highest BCUT2D eigenvalue weighted by atomic mass is 16.5. The number of urea groups is 1. The number of esters is 1. The fraction of sp³-hybridized carbons (Fsp3) is 0.450. The van der Waals surface area contributed by atoms with Crippen molar-refractivity contribution in [3.8, 4) is 5.75 Å². The molecule has 0 unspecified atom stereocenters. The van der Waals surface area contributed by atoms with E-state index in [0.29, 0.717) is 16.9 Å². The summed E-state index contributed by atoms with van der Waals surface area (Å²) >= 11 is 0. The Labute approximate surface area is 162 Å². The van der Waals surface area contributed by atoms with Gasteiger partial charge in [-0.3, -0.25) is 10.1 Å². The van der Waals surface area contributed by atoms with Crippen molar-refractivity contribution in [2.75, 3.05) is 13.7 Å². The van der Waals surface area contributed by atoms with Gasteiger partial charge in [-0.2, -0.15) is 0 Å². The summed E-state index contributed by atoms with van der Waals surface area (Å²) in [5.41, 5.74) is 1.11. The summed E-state index contributed by atoms with van der Waals surface area (Å²) in [5, 5.41) is 5.67. The van der Waals surface area contributed by atoms with Crippen LogP contribution in [0.3, 0.4) is 0 Å². The van der Waals surface area contributed by atoms with Crippen LogP contribution in [-0.4, -0.2) is 37.7 Å². The molecule has 1 aromatic carbocycles. The molecule has 150 valence electrons. The van der Waals surface area contributed by atoms with E-state index in [1.54, 1.807) is 32.2 Å². The molecule has 3 rings (SSSR count). The van der Waals surface area contributed by atoms with E-state index >= 15 is 0 Å². The first-order valence-electron chi connectivity index (χ1n) is 9.32. The number of benzene rings is 1. The van der Waals surface area contributed by atoms with E-state index < -0.39 is 24.5 Å². The summed E-state index contributed by atoms with van der Waals surface area (Å²) < 4.78 is 15.7. The Kier molecular flexibility index (Phi) is 6.18. The molecular formula is C20H24N2O6. The number of furan rings is 1. The van der Waals surface area contributed by atoms with Crippen LogP contribution in [0.1, 0.15) is 48.2 Å². The van der Waals surface area contributed by atoms with E-state index in [-0.39, 0.29) is 11.8 Å². The Morgan fingerprint density at radius 1 is 1.18 bits per heavy atom. The third-order valence-electron chi connectivity index (χ3n) is 4.86. The third-order valence-corrected chi connectivity index (χ3v) is 4.86. The quantitative estimate of drug-likeness (QED) is 0.763. The van der Waals surface area contributed by atoms with Gasteiger partial charge in [0.2, 0.25) is 5.76 Å². The molecule has 1 heterocycles. The Morgan fingerprint density at radius 2 is 1.93 bits per heavy atom. The molecule has 8 nitrogen and oxygen atoms in total. The Balaban J connectivity index is 1.53. The number of hydrogen-bond acceptors (Lipinski definition) is 6. The number of carbonyl (C=O) groups excluding carboxylic acids is 3. The minimum absolute atomic E-state index is 0.0164. The van der Waals surface area contributed by atoms with Gasteiger partial charge in [-0.25, -0.2) is 9.59 Å². The average Bonchev–Trinajstić information content (AvgIpc) is 3.03. The molecule has 2 N–H and O–H groups in total. The normalized spacial score (nSPS) is 14.5. The zero-order valence-electron chi connectivity index (χ0n) is 16.0. The van der Waals surface area contributed by atoms with Crippen LogP contribution in [0.5, 0.6) is 5.75 Å². The van der Waals surface area contributed by atoms with E-state index in [2.05, 4.69) is 10.6 Å². The molecule has 1 aliphatic carbocycles. The molecular weight excluding hydrogens is 364 g/mol. The molecule has 8 heteroatoms. The molecule has 0 atom stereocenters. The van der Waals surface area contributed by atoms with Crippen molar-refractivity contribution in [3.05, 3.63) is 29.5 Å². The maximum absolute atomic E-state index is 12.3. The molecule has 1 saturated carbocycles. The molecule has 0 saturated heterocycles. The number of ether oxygens (including phenoxy) is 2. The first-order chi connectivity index (χ1) is 13.5. The Hall–Kier alpha value is -3.03. The number of nitrogens with one attached hydrogen (secondary N) is 2. The van der Waals surface area contributed by atoms with Crippen LogP contribution in [0.2, 0.25) is 0 Å². The van der Waals surface area contributed by atoms with E-state index in [0.717, 1.165) is 31.1 Å². The SMILES string of the molecule is COc1ccc2oc(C(=O)OCC(=O)NC(=O)NC3CCCCC3)c(C)c2c1. The minimum Gasteiger partial charge on any atom is -0.497 e. The number of imide groups is 1. The summed E-state index contributed by atoms with van der Waals surface area (Å²) in [6.07, 6.45) is 5.13. The first kappa shape index (κ1) is 19.7. The predicted octanol–water partition coefficient (Wildman–Crippen LogP) is 3.07. The van der Waals surface area contributed by atoms with Gasteiger partial charge in [-0.05, 0) is 38.0 Å². The van der Waals surface area contributed by atoms with Crippen molar-refractivity contribution in [2.24, 2.45) is 0 Å².